The average Bonchev–Trinajstić information content (AvgIpc) is 2.68. The highest BCUT2D eigenvalue weighted by Gasteiger charge is 2.19. The maximum Gasteiger partial charge on any atom is 0.330 e. The van der Waals surface area contributed by atoms with Crippen LogP contribution in [0.15, 0.2) is 0 Å². The van der Waals surface area contributed by atoms with Gasteiger partial charge >= 0.3 is 17.9 Å². The maximum absolute atomic E-state index is 11.6. The molecule has 0 rings (SSSR count). The van der Waals surface area contributed by atoms with E-state index in [9.17, 15) is 14.4 Å². The molecule has 0 fully saturated rings. The second-order valence-electron chi connectivity index (χ2n) is 8.03. The fourth-order valence-electron chi connectivity index (χ4n) is 3.28. The number of ether oxygens (including phenoxy) is 1. The zero-order chi connectivity index (χ0) is 21.7. The first kappa shape index (κ1) is 27.6. The summed E-state index contributed by atoms with van der Waals surface area (Å²) in [6.45, 7) is 2.25. The highest BCUT2D eigenvalue weighted by atomic mass is 16.6. The van der Waals surface area contributed by atoms with Gasteiger partial charge < -0.3 is 15.6 Å². The molecule has 0 bridgehead atoms. The number of rotatable bonds is 20. The van der Waals surface area contributed by atoms with Crippen LogP contribution < -0.4 is 5.73 Å². The summed E-state index contributed by atoms with van der Waals surface area (Å²) in [5, 5.41) is 8.55. The van der Waals surface area contributed by atoms with Gasteiger partial charge in [-0.05, 0) is 12.8 Å². The van der Waals surface area contributed by atoms with Crippen molar-refractivity contribution in [3.63, 3.8) is 0 Å². The number of hydrogen-bond donors (Lipinski definition) is 2. The van der Waals surface area contributed by atoms with Gasteiger partial charge in [0.15, 0.2) is 0 Å². The standard InChI is InChI=1S/C23H43NO5/c1-2-3-4-5-6-7-8-9-10-11-12-13-14-15-16-17-22(27)29-23(28)20(24)18-19-21(25)26/h20H,2-19,24H2,1H3,(H,25,26)/t20-/m1/s1. The van der Waals surface area contributed by atoms with Crippen LogP contribution in [0.4, 0.5) is 0 Å². The Labute approximate surface area is 177 Å². The molecule has 0 amide bonds. The van der Waals surface area contributed by atoms with E-state index in [0.29, 0.717) is 6.42 Å². The van der Waals surface area contributed by atoms with Gasteiger partial charge in [-0.25, -0.2) is 4.79 Å². The molecule has 3 N–H and O–H groups in total. The monoisotopic (exact) mass is 413 g/mol. The fourth-order valence-corrected chi connectivity index (χ4v) is 3.28. The molecule has 0 unspecified atom stereocenters. The van der Waals surface area contributed by atoms with E-state index in [0.717, 1.165) is 12.8 Å². The number of esters is 2. The Morgan fingerprint density at radius 3 is 1.55 bits per heavy atom. The third-order valence-corrected chi connectivity index (χ3v) is 5.17. The minimum atomic E-state index is -1.06. The van der Waals surface area contributed by atoms with Crippen LogP contribution in [0.2, 0.25) is 0 Å². The summed E-state index contributed by atoms with van der Waals surface area (Å²) < 4.78 is 4.67. The number of unbranched alkanes of at least 4 members (excludes halogenated alkanes) is 14. The van der Waals surface area contributed by atoms with Gasteiger partial charge in [0.25, 0.3) is 0 Å². The van der Waals surface area contributed by atoms with Crippen LogP contribution in [-0.2, 0) is 19.1 Å². The smallest absolute Gasteiger partial charge is 0.330 e. The molecule has 0 saturated heterocycles. The normalized spacial score (nSPS) is 11.9. The van der Waals surface area contributed by atoms with Gasteiger partial charge in [-0.2, -0.15) is 0 Å². The minimum Gasteiger partial charge on any atom is -0.481 e. The van der Waals surface area contributed by atoms with Crippen molar-refractivity contribution in [2.24, 2.45) is 5.73 Å². The molecule has 6 nitrogen and oxygen atoms in total. The van der Waals surface area contributed by atoms with E-state index in [1.54, 1.807) is 0 Å². The lowest BCUT2D eigenvalue weighted by Gasteiger charge is -2.09. The summed E-state index contributed by atoms with van der Waals surface area (Å²) in [6.07, 6.45) is 18.7. The SMILES string of the molecule is CCCCCCCCCCCCCCCCCC(=O)OC(=O)[C@H](N)CCC(=O)O. The van der Waals surface area contributed by atoms with Crippen LogP contribution in [0.25, 0.3) is 0 Å². The summed E-state index contributed by atoms with van der Waals surface area (Å²) in [6, 6.07) is -1.06. The molecule has 0 aromatic rings. The summed E-state index contributed by atoms with van der Waals surface area (Å²) in [7, 11) is 0. The van der Waals surface area contributed by atoms with Gasteiger partial charge in [0.1, 0.15) is 6.04 Å². The summed E-state index contributed by atoms with van der Waals surface area (Å²) in [4.78, 5) is 33.6. The van der Waals surface area contributed by atoms with Crippen LogP contribution in [0.3, 0.4) is 0 Å². The number of aliphatic carboxylic acids is 1. The van der Waals surface area contributed by atoms with Crippen LogP contribution in [0.1, 0.15) is 122 Å². The van der Waals surface area contributed by atoms with Crippen molar-refractivity contribution in [2.75, 3.05) is 0 Å². The fraction of sp³-hybridized carbons (Fsp3) is 0.870. The molecule has 0 aliphatic heterocycles. The molecule has 0 aromatic carbocycles. The Balaban J connectivity index is 3.38. The molecule has 0 radical (unpaired) electrons. The summed E-state index contributed by atoms with van der Waals surface area (Å²) in [5.41, 5.74) is 5.51. The molecule has 6 heteroatoms. The Kier molecular flexibility index (Phi) is 18.9. The molecule has 170 valence electrons. The second-order valence-corrected chi connectivity index (χ2v) is 8.03. The molecule has 0 spiro atoms. The van der Waals surface area contributed by atoms with Crippen molar-refractivity contribution in [2.45, 2.75) is 129 Å². The third-order valence-electron chi connectivity index (χ3n) is 5.17. The lowest BCUT2D eigenvalue weighted by molar-refractivity contribution is -0.160. The Bertz CT molecular complexity index is 439. The molecule has 0 aromatic heterocycles. The van der Waals surface area contributed by atoms with Crippen LogP contribution in [-0.4, -0.2) is 29.1 Å². The third kappa shape index (κ3) is 19.7. The van der Waals surface area contributed by atoms with E-state index in [1.807, 2.05) is 0 Å². The van der Waals surface area contributed by atoms with E-state index in [-0.39, 0.29) is 19.3 Å². The van der Waals surface area contributed by atoms with Crippen molar-refractivity contribution in [1.82, 2.24) is 0 Å². The first-order chi connectivity index (χ1) is 14.0. The molecular weight excluding hydrogens is 370 g/mol. The van der Waals surface area contributed by atoms with Crippen LogP contribution in [0, 0.1) is 0 Å². The minimum absolute atomic E-state index is 0.0274. The van der Waals surface area contributed by atoms with E-state index >= 15 is 0 Å². The Morgan fingerprint density at radius 1 is 0.724 bits per heavy atom. The zero-order valence-corrected chi connectivity index (χ0v) is 18.5. The average molecular weight is 414 g/mol. The van der Waals surface area contributed by atoms with Gasteiger partial charge in [-0.1, -0.05) is 96.8 Å². The molecule has 1 atom stereocenters. The number of hydrogen-bond acceptors (Lipinski definition) is 5. The zero-order valence-electron chi connectivity index (χ0n) is 18.5. The van der Waals surface area contributed by atoms with Gasteiger partial charge in [0.05, 0.1) is 0 Å². The van der Waals surface area contributed by atoms with Crippen molar-refractivity contribution in [3.05, 3.63) is 0 Å². The van der Waals surface area contributed by atoms with E-state index < -0.39 is 23.9 Å². The van der Waals surface area contributed by atoms with E-state index in [1.165, 1.54) is 77.0 Å². The number of carboxylic acids is 1. The Hall–Kier alpha value is -1.43. The quantitative estimate of drug-likeness (QED) is 0.155. The van der Waals surface area contributed by atoms with Crippen molar-refractivity contribution in [3.8, 4) is 0 Å². The topological polar surface area (TPSA) is 107 Å². The highest BCUT2D eigenvalue weighted by Crippen LogP contribution is 2.14. The summed E-state index contributed by atoms with van der Waals surface area (Å²) >= 11 is 0. The largest absolute Gasteiger partial charge is 0.481 e. The number of carboxylic acid groups (broad SMARTS) is 1. The highest BCUT2D eigenvalue weighted by molar-refractivity contribution is 5.88. The molecular formula is C23H43NO5. The maximum atomic E-state index is 11.6. The van der Waals surface area contributed by atoms with Crippen LogP contribution >= 0.6 is 0 Å². The van der Waals surface area contributed by atoms with Gasteiger partial charge in [-0.3, -0.25) is 9.59 Å². The van der Waals surface area contributed by atoms with Crippen LogP contribution in [0.5, 0.6) is 0 Å². The molecule has 0 heterocycles. The lowest BCUT2D eigenvalue weighted by atomic mass is 10.0. The molecule has 29 heavy (non-hydrogen) atoms. The van der Waals surface area contributed by atoms with Gasteiger partial charge in [0, 0.05) is 12.8 Å². The van der Waals surface area contributed by atoms with Gasteiger partial charge in [0.2, 0.25) is 0 Å². The first-order valence-corrected chi connectivity index (χ1v) is 11.7. The first-order valence-electron chi connectivity index (χ1n) is 11.7. The van der Waals surface area contributed by atoms with Crippen molar-refractivity contribution >= 4 is 17.9 Å². The number of carbonyl (C=O) groups is 3. The predicted molar refractivity (Wildman–Crippen MR) is 115 cm³/mol. The van der Waals surface area contributed by atoms with Crippen molar-refractivity contribution in [1.29, 1.82) is 0 Å². The predicted octanol–water partition coefficient (Wildman–Crippen LogP) is 5.51. The summed E-state index contributed by atoms with van der Waals surface area (Å²) in [5.74, 6) is -2.44. The molecule has 0 saturated carbocycles. The van der Waals surface area contributed by atoms with E-state index in [2.05, 4.69) is 11.7 Å². The lowest BCUT2D eigenvalue weighted by Crippen LogP contribution is -2.34. The van der Waals surface area contributed by atoms with E-state index in [4.69, 9.17) is 10.8 Å². The number of nitrogens with two attached hydrogens (primary N) is 1. The van der Waals surface area contributed by atoms with Gasteiger partial charge in [-0.15, -0.1) is 0 Å². The molecule has 0 aliphatic rings. The molecule has 0 aliphatic carbocycles. The van der Waals surface area contributed by atoms with Crippen molar-refractivity contribution < 1.29 is 24.2 Å². The Morgan fingerprint density at radius 2 is 1.14 bits per heavy atom. The number of carbonyl (C=O) groups excluding carboxylic acids is 2. The second kappa shape index (κ2) is 19.9.